The van der Waals surface area contributed by atoms with E-state index in [1.807, 2.05) is 0 Å². The molecule has 22 heavy (non-hydrogen) atoms. The lowest BCUT2D eigenvalue weighted by atomic mass is 10.1. The average molecular weight is 305 g/mol. The summed E-state index contributed by atoms with van der Waals surface area (Å²) in [6.45, 7) is -0.346. The first-order valence-corrected chi connectivity index (χ1v) is 6.65. The van der Waals surface area contributed by atoms with Gasteiger partial charge in [0.15, 0.2) is 17.2 Å². The van der Waals surface area contributed by atoms with Crippen LogP contribution in [0.2, 0.25) is 0 Å². The number of carbonyl (C=O) groups excluding carboxylic acids is 1. The van der Waals surface area contributed by atoms with Crippen molar-refractivity contribution in [2.45, 2.75) is 24.4 Å². The van der Waals surface area contributed by atoms with Crippen LogP contribution in [-0.2, 0) is 15.3 Å². The molecule has 4 N–H and O–H groups in total. The Hall–Kier alpha value is -2.36. The van der Waals surface area contributed by atoms with E-state index in [-0.39, 0.29) is 18.8 Å². The Bertz CT molecular complexity index is 730. The lowest BCUT2D eigenvalue weighted by Gasteiger charge is -2.27. The molecular weight excluding hydrogens is 290 g/mol. The number of rotatable bonds is 4. The van der Waals surface area contributed by atoms with Crippen molar-refractivity contribution in [2.24, 2.45) is 0 Å². The molecule has 3 heterocycles. The number of aldehydes is 1. The van der Waals surface area contributed by atoms with Gasteiger partial charge in [-0.15, -0.1) is 0 Å². The number of allylic oxidation sites excluding steroid dienone is 1. The molecule has 0 saturated carbocycles. The normalized spacial score (nSPS) is 28.6. The smallest absolute Gasteiger partial charge is 0.170 e. The Balaban J connectivity index is 2.15. The van der Waals surface area contributed by atoms with Gasteiger partial charge in [0.05, 0.1) is 19.0 Å². The minimum Gasteiger partial charge on any atom is -0.394 e. The number of aromatic nitrogens is 4. The summed E-state index contributed by atoms with van der Waals surface area (Å²) in [7, 11) is 0. The van der Waals surface area contributed by atoms with Crippen LogP contribution < -0.4 is 5.73 Å². The number of fused-ring (bicyclic) bond motifs is 1. The summed E-state index contributed by atoms with van der Waals surface area (Å²) in [6, 6.07) is 0. The Kier molecular flexibility index (Phi) is 3.61. The summed E-state index contributed by atoms with van der Waals surface area (Å²) in [5.74, 6) is 0.218. The van der Waals surface area contributed by atoms with Crippen molar-refractivity contribution in [1.29, 1.82) is 0 Å². The van der Waals surface area contributed by atoms with Crippen LogP contribution in [0.5, 0.6) is 0 Å². The maximum Gasteiger partial charge on any atom is 0.170 e. The molecule has 9 heteroatoms. The fraction of sp³-hybridized carbons (Fsp3) is 0.385. The molecule has 1 aliphatic rings. The molecule has 0 amide bonds. The molecule has 2 aromatic rings. The van der Waals surface area contributed by atoms with Crippen LogP contribution in [0.15, 0.2) is 24.8 Å². The number of hydrogen-bond donors (Lipinski definition) is 3. The van der Waals surface area contributed by atoms with E-state index in [9.17, 15) is 15.0 Å². The Morgan fingerprint density at radius 3 is 3.00 bits per heavy atom. The minimum absolute atomic E-state index is 0.137. The van der Waals surface area contributed by atoms with Gasteiger partial charge >= 0.3 is 0 Å². The number of anilines is 1. The van der Waals surface area contributed by atoms with E-state index in [1.165, 1.54) is 24.8 Å². The summed E-state index contributed by atoms with van der Waals surface area (Å²) in [6.07, 6.45) is 4.59. The van der Waals surface area contributed by atoms with Crippen molar-refractivity contribution in [1.82, 2.24) is 19.5 Å². The second-order valence-corrected chi connectivity index (χ2v) is 5.00. The van der Waals surface area contributed by atoms with E-state index >= 15 is 0 Å². The molecule has 1 fully saturated rings. The lowest BCUT2D eigenvalue weighted by Crippen LogP contribution is -2.32. The number of imidazole rings is 1. The highest BCUT2D eigenvalue weighted by molar-refractivity contribution is 5.81. The van der Waals surface area contributed by atoms with E-state index in [1.54, 1.807) is 4.57 Å². The molecule has 116 valence electrons. The maximum atomic E-state index is 10.7. The Morgan fingerprint density at radius 1 is 1.50 bits per heavy atom. The van der Waals surface area contributed by atoms with E-state index in [4.69, 9.17) is 10.5 Å². The molecule has 3 atom stereocenters. The quantitative estimate of drug-likeness (QED) is 0.481. The number of hydrogen-bond acceptors (Lipinski definition) is 8. The number of carbonyl (C=O) groups is 1. The summed E-state index contributed by atoms with van der Waals surface area (Å²) in [4.78, 5) is 22.9. The zero-order chi connectivity index (χ0) is 15.7. The molecular formula is C13H15N5O4. The first kappa shape index (κ1) is 14.6. The number of aliphatic hydroxyl groups is 2. The average Bonchev–Trinajstić information content (AvgIpc) is 3.08. The third-order valence-electron chi connectivity index (χ3n) is 3.67. The largest absolute Gasteiger partial charge is 0.394 e. The summed E-state index contributed by atoms with van der Waals surface area (Å²) in [5.41, 5.74) is 5.39. The Morgan fingerprint density at radius 2 is 2.32 bits per heavy atom. The van der Waals surface area contributed by atoms with Gasteiger partial charge in [-0.2, -0.15) is 0 Å². The van der Waals surface area contributed by atoms with Crippen LogP contribution in [-0.4, -0.2) is 54.8 Å². The van der Waals surface area contributed by atoms with Gasteiger partial charge in [-0.25, -0.2) is 15.0 Å². The van der Waals surface area contributed by atoms with Crippen molar-refractivity contribution in [3.8, 4) is 0 Å². The third-order valence-corrected chi connectivity index (χ3v) is 3.67. The second kappa shape index (κ2) is 5.44. The van der Waals surface area contributed by atoms with Crippen molar-refractivity contribution in [3.63, 3.8) is 0 Å². The van der Waals surface area contributed by atoms with Crippen LogP contribution in [0.4, 0.5) is 5.82 Å². The van der Waals surface area contributed by atoms with Crippen molar-refractivity contribution < 1.29 is 19.7 Å². The first-order chi connectivity index (χ1) is 10.6. The molecule has 3 rings (SSSR count). The van der Waals surface area contributed by atoms with Gasteiger partial charge in [0.1, 0.15) is 24.2 Å². The summed E-state index contributed by atoms with van der Waals surface area (Å²) >= 11 is 0. The molecule has 0 spiro atoms. The number of nitrogens with zero attached hydrogens (tertiary/aromatic N) is 4. The van der Waals surface area contributed by atoms with E-state index < -0.39 is 17.9 Å². The van der Waals surface area contributed by atoms with Crippen molar-refractivity contribution in [2.75, 3.05) is 12.3 Å². The fourth-order valence-corrected chi connectivity index (χ4v) is 2.64. The summed E-state index contributed by atoms with van der Waals surface area (Å²) < 4.78 is 7.35. The van der Waals surface area contributed by atoms with Gasteiger partial charge in [0.25, 0.3) is 0 Å². The fourth-order valence-electron chi connectivity index (χ4n) is 2.64. The van der Waals surface area contributed by atoms with Crippen molar-refractivity contribution >= 4 is 23.3 Å². The highest BCUT2D eigenvalue weighted by Gasteiger charge is 2.46. The monoisotopic (exact) mass is 305 g/mol. The second-order valence-electron chi connectivity index (χ2n) is 5.00. The van der Waals surface area contributed by atoms with Crippen molar-refractivity contribution in [3.05, 3.63) is 24.8 Å². The third kappa shape index (κ3) is 2.15. The highest BCUT2D eigenvalue weighted by atomic mass is 16.6. The Labute approximate surface area is 125 Å². The zero-order valence-electron chi connectivity index (χ0n) is 11.5. The van der Waals surface area contributed by atoms with Crippen LogP contribution in [0, 0.1) is 0 Å². The number of nitrogen functional groups attached to an aromatic ring is 1. The lowest BCUT2D eigenvalue weighted by molar-refractivity contribution is -0.104. The van der Waals surface area contributed by atoms with Gasteiger partial charge in [-0.05, 0) is 12.2 Å². The SMILES string of the molecule is Nc1ncnc2c1ncn2[C@@]1(C=CC=O)C[C@H](O)[C@@H](CO)O1. The zero-order valence-corrected chi connectivity index (χ0v) is 11.5. The first-order valence-electron chi connectivity index (χ1n) is 6.65. The topological polar surface area (TPSA) is 136 Å². The van der Waals surface area contributed by atoms with Gasteiger partial charge in [0.2, 0.25) is 0 Å². The number of nitrogens with two attached hydrogens (primary N) is 1. The molecule has 2 aromatic heterocycles. The van der Waals surface area contributed by atoms with Gasteiger partial charge in [0, 0.05) is 6.42 Å². The molecule has 1 saturated heterocycles. The number of aliphatic hydroxyl groups excluding tert-OH is 2. The van der Waals surface area contributed by atoms with Crippen LogP contribution in [0.25, 0.3) is 11.2 Å². The van der Waals surface area contributed by atoms with Crippen LogP contribution in [0.1, 0.15) is 6.42 Å². The van der Waals surface area contributed by atoms with Gasteiger partial charge in [-0.3, -0.25) is 9.36 Å². The predicted octanol–water partition coefficient (Wildman–Crippen LogP) is -1.04. The molecule has 0 bridgehead atoms. The van der Waals surface area contributed by atoms with Gasteiger partial charge in [-0.1, -0.05) is 0 Å². The maximum absolute atomic E-state index is 10.7. The van der Waals surface area contributed by atoms with E-state index in [2.05, 4.69) is 15.0 Å². The predicted molar refractivity (Wildman–Crippen MR) is 75.5 cm³/mol. The number of ether oxygens (including phenoxy) is 1. The molecule has 9 nitrogen and oxygen atoms in total. The highest BCUT2D eigenvalue weighted by Crippen LogP contribution is 2.38. The van der Waals surface area contributed by atoms with Crippen LogP contribution in [0.3, 0.4) is 0 Å². The molecule has 0 radical (unpaired) electrons. The van der Waals surface area contributed by atoms with Gasteiger partial charge < -0.3 is 20.7 Å². The molecule has 0 aromatic carbocycles. The molecule has 0 unspecified atom stereocenters. The molecule has 1 aliphatic heterocycles. The van der Waals surface area contributed by atoms with E-state index in [0.717, 1.165) is 0 Å². The van der Waals surface area contributed by atoms with E-state index in [0.29, 0.717) is 17.5 Å². The summed E-state index contributed by atoms with van der Waals surface area (Å²) in [5, 5.41) is 19.4. The molecule has 0 aliphatic carbocycles. The van der Waals surface area contributed by atoms with Crippen LogP contribution >= 0.6 is 0 Å². The minimum atomic E-state index is -1.18. The standard InChI is InChI=1S/C13H15N5O4/c14-11-10-12(16-6-15-11)18(7-17-10)13(2-1-3-19)4-8(21)9(5-20)22-13/h1-3,6-9,20-21H,4-5H2,(H2,14,15,16)/t8-,9+,13+/m0/s1.